The predicted octanol–water partition coefficient (Wildman–Crippen LogP) is 2.71. The van der Waals surface area contributed by atoms with Crippen LogP contribution in [-0.2, 0) is 28.9 Å². The standard InChI is InChI=1S/C16H31BO4.Zn/c1-2-3-4-5-6-7-8-9-10-11-12-13-14-15-16(18)21-17(19)20;/h2-15H2,1H3;/q-2;+2. The van der Waals surface area contributed by atoms with E-state index in [1.807, 2.05) is 0 Å². The summed E-state index contributed by atoms with van der Waals surface area (Å²) < 4.78 is 4.01. The van der Waals surface area contributed by atoms with Gasteiger partial charge in [-0.3, -0.25) is 4.79 Å². The van der Waals surface area contributed by atoms with Crippen LogP contribution in [0.3, 0.4) is 0 Å². The van der Waals surface area contributed by atoms with Crippen molar-refractivity contribution < 1.29 is 39.0 Å². The van der Waals surface area contributed by atoms with Gasteiger partial charge >= 0.3 is 19.5 Å². The maximum Gasteiger partial charge on any atom is 2.00 e. The van der Waals surface area contributed by atoms with E-state index in [2.05, 4.69) is 11.6 Å². The van der Waals surface area contributed by atoms with Crippen LogP contribution in [0, 0.1) is 0 Å². The molecule has 0 aromatic heterocycles. The second-order valence-corrected chi connectivity index (χ2v) is 5.77. The molecular formula is C16H31BO4Zn. The van der Waals surface area contributed by atoms with E-state index in [9.17, 15) is 14.8 Å². The fourth-order valence-corrected chi connectivity index (χ4v) is 2.45. The van der Waals surface area contributed by atoms with Gasteiger partial charge in [0, 0.05) is 6.42 Å². The number of unbranched alkanes of at least 4 members (excludes halogenated alkanes) is 12. The zero-order valence-corrected chi connectivity index (χ0v) is 17.3. The van der Waals surface area contributed by atoms with E-state index < -0.39 is 13.3 Å². The summed E-state index contributed by atoms with van der Waals surface area (Å²) in [7, 11) is -2.47. The summed E-state index contributed by atoms with van der Waals surface area (Å²) in [6.07, 6.45) is 16.3. The quantitative estimate of drug-likeness (QED) is 0.331. The van der Waals surface area contributed by atoms with Gasteiger partial charge in [-0.1, -0.05) is 84.0 Å². The summed E-state index contributed by atoms with van der Waals surface area (Å²) in [5.41, 5.74) is 0. The second kappa shape index (κ2) is 19.1. The van der Waals surface area contributed by atoms with E-state index in [0.29, 0.717) is 6.42 Å². The van der Waals surface area contributed by atoms with Crippen molar-refractivity contribution in [2.24, 2.45) is 0 Å². The van der Waals surface area contributed by atoms with Gasteiger partial charge in [0.05, 0.1) is 0 Å². The first-order chi connectivity index (χ1) is 10.2. The van der Waals surface area contributed by atoms with Crippen LogP contribution in [0.5, 0.6) is 0 Å². The Bertz CT molecular complexity index is 240. The van der Waals surface area contributed by atoms with Crippen molar-refractivity contribution in [2.75, 3.05) is 0 Å². The average molecular weight is 364 g/mol. The Morgan fingerprint density at radius 1 is 0.773 bits per heavy atom. The van der Waals surface area contributed by atoms with Crippen molar-refractivity contribution in [1.82, 2.24) is 0 Å². The molecule has 0 N–H and O–H groups in total. The molecule has 0 aromatic carbocycles. The van der Waals surface area contributed by atoms with Crippen LogP contribution in [0.25, 0.3) is 0 Å². The molecule has 0 atom stereocenters. The molecule has 0 radical (unpaired) electrons. The maximum atomic E-state index is 10.9. The molecule has 124 valence electrons. The number of carbonyl (C=O) groups is 1. The fourth-order valence-electron chi connectivity index (χ4n) is 2.45. The monoisotopic (exact) mass is 362 g/mol. The molecule has 0 bridgehead atoms. The molecule has 0 unspecified atom stereocenters. The topological polar surface area (TPSA) is 72.4 Å². The van der Waals surface area contributed by atoms with E-state index in [4.69, 9.17) is 0 Å². The number of carbonyl (C=O) groups excluding carboxylic acids is 1. The largest absolute Gasteiger partial charge is 2.00 e. The molecule has 6 heteroatoms. The summed E-state index contributed by atoms with van der Waals surface area (Å²) in [5, 5.41) is 20.1. The molecule has 0 saturated carbocycles. The minimum absolute atomic E-state index is 0. The summed E-state index contributed by atoms with van der Waals surface area (Å²) in [6, 6.07) is 0. The molecule has 0 spiro atoms. The van der Waals surface area contributed by atoms with Crippen molar-refractivity contribution in [1.29, 1.82) is 0 Å². The normalized spacial score (nSPS) is 10.1. The van der Waals surface area contributed by atoms with Crippen LogP contribution in [0.2, 0.25) is 0 Å². The number of hydrogen-bond donors (Lipinski definition) is 0. The average Bonchev–Trinajstić information content (AvgIpc) is 2.43. The smallest absolute Gasteiger partial charge is 0.860 e. The third kappa shape index (κ3) is 20.1. The van der Waals surface area contributed by atoms with Crippen LogP contribution < -0.4 is 10.0 Å². The Labute approximate surface area is 149 Å². The third-order valence-electron chi connectivity index (χ3n) is 3.71. The van der Waals surface area contributed by atoms with Crippen LogP contribution in [-0.4, -0.2) is 13.3 Å². The van der Waals surface area contributed by atoms with E-state index in [0.717, 1.165) is 12.8 Å². The fraction of sp³-hybridized carbons (Fsp3) is 0.938. The van der Waals surface area contributed by atoms with Gasteiger partial charge < -0.3 is 14.7 Å². The van der Waals surface area contributed by atoms with Gasteiger partial charge in [0.15, 0.2) is 0 Å². The first-order valence-corrected chi connectivity index (χ1v) is 8.68. The third-order valence-corrected chi connectivity index (χ3v) is 3.71. The van der Waals surface area contributed by atoms with E-state index in [1.165, 1.54) is 64.2 Å². The second-order valence-electron chi connectivity index (χ2n) is 5.77. The molecule has 0 aliphatic rings. The Morgan fingerprint density at radius 2 is 1.14 bits per heavy atom. The Kier molecular flexibility index (Phi) is 21.2. The minimum atomic E-state index is -2.47. The Hall–Kier alpha value is 0.0783. The SMILES string of the molecule is CCCCCCCCCCCCCCCC(=O)OB([O-])[O-].[Zn+2]. The van der Waals surface area contributed by atoms with Gasteiger partial charge in [0.25, 0.3) is 5.97 Å². The molecule has 0 amide bonds. The van der Waals surface area contributed by atoms with Crippen molar-refractivity contribution >= 4 is 13.3 Å². The van der Waals surface area contributed by atoms with Gasteiger partial charge in [0.1, 0.15) is 7.32 Å². The molecule has 0 aromatic rings. The number of hydrogen-bond acceptors (Lipinski definition) is 4. The molecule has 0 heterocycles. The summed E-state index contributed by atoms with van der Waals surface area (Å²) >= 11 is 0. The van der Waals surface area contributed by atoms with Crippen LogP contribution in [0.4, 0.5) is 0 Å². The van der Waals surface area contributed by atoms with E-state index >= 15 is 0 Å². The maximum absolute atomic E-state index is 10.9. The van der Waals surface area contributed by atoms with Crippen molar-refractivity contribution in [2.45, 2.75) is 96.8 Å². The Morgan fingerprint density at radius 3 is 1.50 bits per heavy atom. The van der Waals surface area contributed by atoms with E-state index in [-0.39, 0.29) is 25.9 Å². The van der Waals surface area contributed by atoms with E-state index in [1.54, 1.807) is 0 Å². The number of rotatable bonds is 15. The molecule has 0 saturated heterocycles. The first kappa shape index (κ1) is 24.3. The molecule has 0 fully saturated rings. The minimum Gasteiger partial charge on any atom is -0.860 e. The zero-order valence-electron chi connectivity index (χ0n) is 14.3. The molecule has 4 nitrogen and oxygen atoms in total. The van der Waals surface area contributed by atoms with Gasteiger partial charge in [-0.05, 0) is 6.42 Å². The van der Waals surface area contributed by atoms with Gasteiger partial charge in [-0.2, -0.15) is 0 Å². The van der Waals surface area contributed by atoms with Crippen LogP contribution >= 0.6 is 0 Å². The predicted molar refractivity (Wildman–Crippen MR) is 82.2 cm³/mol. The van der Waals surface area contributed by atoms with Crippen molar-refractivity contribution in [3.05, 3.63) is 0 Å². The molecule has 0 rings (SSSR count). The first-order valence-electron chi connectivity index (χ1n) is 8.68. The summed E-state index contributed by atoms with van der Waals surface area (Å²) in [5.74, 6) is -0.659. The molecule has 0 aliphatic heterocycles. The van der Waals surface area contributed by atoms with Crippen molar-refractivity contribution in [3.8, 4) is 0 Å². The van der Waals surface area contributed by atoms with Gasteiger partial charge in [-0.15, -0.1) is 0 Å². The zero-order chi connectivity index (χ0) is 15.8. The van der Waals surface area contributed by atoms with Crippen LogP contribution in [0.15, 0.2) is 0 Å². The molecule has 0 aliphatic carbocycles. The molecular weight excluding hydrogens is 332 g/mol. The Balaban J connectivity index is 0. The summed E-state index contributed by atoms with van der Waals surface area (Å²) in [6.45, 7) is 2.24. The van der Waals surface area contributed by atoms with Crippen LogP contribution in [0.1, 0.15) is 96.8 Å². The van der Waals surface area contributed by atoms with Crippen molar-refractivity contribution in [3.63, 3.8) is 0 Å². The van der Waals surface area contributed by atoms with Gasteiger partial charge in [-0.25, -0.2) is 0 Å². The van der Waals surface area contributed by atoms with Gasteiger partial charge in [0.2, 0.25) is 0 Å². The molecule has 22 heavy (non-hydrogen) atoms. The summed E-state index contributed by atoms with van der Waals surface area (Å²) in [4.78, 5) is 10.9.